The molecule has 6 heteroatoms. The van der Waals surface area contributed by atoms with Crippen LogP contribution in [0.4, 0.5) is 11.4 Å². The van der Waals surface area contributed by atoms with Crippen molar-refractivity contribution in [3.05, 3.63) is 132 Å². The van der Waals surface area contributed by atoms with Crippen LogP contribution in [0.5, 0.6) is 5.75 Å². The molecule has 0 bridgehead atoms. The summed E-state index contributed by atoms with van der Waals surface area (Å²) in [6.45, 7) is 0. The first-order valence-electron chi connectivity index (χ1n) is 12.2. The fraction of sp³-hybridized carbons (Fsp3) is 0.0625. The van der Waals surface area contributed by atoms with Gasteiger partial charge in [0.1, 0.15) is 11.0 Å². The van der Waals surface area contributed by atoms with Crippen LogP contribution in [0.3, 0.4) is 0 Å². The summed E-state index contributed by atoms with van der Waals surface area (Å²) in [6, 6.07) is 38.1. The largest absolute Gasteiger partial charge is 0.497 e. The molecule has 0 aromatic heterocycles. The molecule has 0 heterocycles. The molecule has 5 aromatic rings. The van der Waals surface area contributed by atoms with E-state index in [1.807, 2.05) is 97.1 Å². The summed E-state index contributed by atoms with van der Waals surface area (Å²) >= 11 is 1.46. The second-order valence-electron chi connectivity index (χ2n) is 8.63. The zero-order valence-corrected chi connectivity index (χ0v) is 21.6. The van der Waals surface area contributed by atoms with Crippen molar-refractivity contribution in [2.24, 2.45) is 0 Å². The Kier molecular flexibility index (Phi) is 7.71. The van der Waals surface area contributed by atoms with Gasteiger partial charge in [0.25, 0.3) is 5.91 Å². The third kappa shape index (κ3) is 5.88. The Bertz CT molecular complexity index is 1560. The SMILES string of the molecule is COc1cccc(C(=O)Nc2ccc(SC(C(=O)Nc3cccc4ccccc34)c3ccccc3)cc2)c1. The normalized spacial score (nSPS) is 11.5. The van der Waals surface area contributed by atoms with Gasteiger partial charge in [0.2, 0.25) is 5.91 Å². The number of carbonyl (C=O) groups excluding carboxylic acids is 2. The molecular weight excluding hydrogens is 492 g/mol. The van der Waals surface area contributed by atoms with E-state index < -0.39 is 5.25 Å². The van der Waals surface area contributed by atoms with E-state index in [2.05, 4.69) is 10.6 Å². The molecule has 0 fully saturated rings. The highest BCUT2D eigenvalue weighted by Gasteiger charge is 2.23. The molecule has 1 unspecified atom stereocenters. The average Bonchev–Trinajstić information content (AvgIpc) is 2.97. The minimum Gasteiger partial charge on any atom is -0.497 e. The van der Waals surface area contributed by atoms with Crippen LogP contribution in [0.25, 0.3) is 10.8 Å². The van der Waals surface area contributed by atoms with Gasteiger partial charge in [0, 0.05) is 27.2 Å². The molecule has 0 saturated carbocycles. The first-order chi connectivity index (χ1) is 18.6. The fourth-order valence-electron chi connectivity index (χ4n) is 4.15. The molecule has 188 valence electrons. The summed E-state index contributed by atoms with van der Waals surface area (Å²) in [5.41, 5.74) is 2.87. The number of thioether (sulfide) groups is 1. The highest BCUT2D eigenvalue weighted by molar-refractivity contribution is 8.00. The third-order valence-electron chi connectivity index (χ3n) is 6.09. The van der Waals surface area contributed by atoms with Crippen molar-refractivity contribution in [2.45, 2.75) is 10.1 Å². The summed E-state index contributed by atoms with van der Waals surface area (Å²) in [5, 5.41) is 7.65. The number of anilines is 2. The molecule has 1 atom stereocenters. The van der Waals surface area contributed by atoms with Gasteiger partial charge in [-0.1, -0.05) is 72.8 Å². The maximum atomic E-state index is 13.6. The van der Waals surface area contributed by atoms with Gasteiger partial charge in [0.15, 0.2) is 0 Å². The van der Waals surface area contributed by atoms with E-state index in [9.17, 15) is 9.59 Å². The molecule has 0 spiro atoms. The number of carbonyl (C=O) groups is 2. The van der Waals surface area contributed by atoms with Crippen molar-refractivity contribution in [1.82, 2.24) is 0 Å². The standard InChI is InChI=1S/C32H26N2O3S/c1-37-26-14-7-13-24(21-26)31(35)33-25-17-19-27(20-18-25)38-30(23-10-3-2-4-11-23)32(36)34-29-16-8-12-22-9-5-6-15-28(22)29/h2-21,30H,1H3,(H,33,35)(H,34,36). The first-order valence-corrected chi connectivity index (χ1v) is 13.0. The Labute approximate surface area is 225 Å². The fourth-order valence-corrected chi connectivity index (χ4v) is 5.18. The van der Waals surface area contributed by atoms with Gasteiger partial charge >= 0.3 is 0 Å². The van der Waals surface area contributed by atoms with Crippen molar-refractivity contribution in [3.63, 3.8) is 0 Å². The van der Waals surface area contributed by atoms with E-state index in [-0.39, 0.29) is 11.8 Å². The number of methoxy groups -OCH3 is 1. The van der Waals surface area contributed by atoms with Gasteiger partial charge in [-0.3, -0.25) is 9.59 Å². The monoisotopic (exact) mass is 518 g/mol. The maximum absolute atomic E-state index is 13.6. The van der Waals surface area contributed by atoms with E-state index >= 15 is 0 Å². The van der Waals surface area contributed by atoms with Crippen LogP contribution in [0.1, 0.15) is 21.2 Å². The van der Waals surface area contributed by atoms with Gasteiger partial charge in [-0.2, -0.15) is 0 Å². The lowest BCUT2D eigenvalue weighted by molar-refractivity contribution is -0.115. The van der Waals surface area contributed by atoms with Gasteiger partial charge in [0.05, 0.1) is 7.11 Å². The summed E-state index contributed by atoms with van der Waals surface area (Å²) in [6.07, 6.45) is 0. The first kappa shape index (κ1) is 25.1. The molecule has 0 aliphatic carbocycles. The number of amides is 2. The number of rotatable bonds is 8. The lowest BCUT2D eigenvalue weighted by atomic mass is 10.1. The molecule has 5 nitrogen and oxygen atoms in total. The Morgan fingerprint density at radius 2 is 1.45 bits per heavy atom. The van der Waals surface area contributed by atoms with Crippen molar-refractivity contribution < 1.29 is 14.3 Å². The molecule has 0 aliphatic rings. The minimum atomic E-state index is -0.465. The number of ether oxygens (including phenoxy) is 1. The van der Waals surface area contributed by atoms with Crippen LogP contribution in [0, 0.1) is 0 Å². The lowest BCUT2D eigenvalue weighted by Gasteiger charge is -2.18. The molecule has 5 rings (SSSR count). The Balaban J connectivity index is 1.33. The van der Waals surface area contributed by atoms with Gasteiger partial charge in [-0.25, -0.2) is 0 Å². The third-order valence-corrected chi connectivity index (χ3v) is 7.35. The Morgan fingerprint density at radius 1 is 0.737 bits per heavy atom. The number of hydrogen-bond donors (Lipinski definition) is 2. The van der Waals surface area contributed by atoms with E-state index in [1.54, 1.807) is 31.4 Å². The lowest BCUT2D eigenvalue weighted by Crippen LogP contribution is -2.19. The van der Waals surface area contributed by atoms with Gasteiger partial charge < -0.3 is 15.4 Å². The number of nitrogens with one attached hydrogen (secondary N) is 2. The van der Waals surface area contributed by atoms with Crippen molar-refractivity contribution in [1.29, 1.82) is 0 Å². The molecular formula is C32H26N2O3S. The molecule has 0 aliphatic heterocycles. The minimum absolute atomic E-state index is 0.104. The highest BCUT2D eigenvalue weighted by Crippen LogP contribution is 2.37. The van der Waals surface area contributed by atoms with Gasteiger partial charge in [-0.15, -0.1) is 11.8 Å². The molecule has 0 saturated heterocycles. The van der Waals surface area contributed by atoms with Crippen LogP contribution < -0.4 is 15.4 Å². The topological polar surface area (TPSA) is 67.4 Å². The van der Waals surface area contributed by atoms with Crippen LogP contribution in [0.15, 0.2) is 126 Å². The number of benzene rings is 5. The van der Waals surface area contributed by atoms with E-state index in [0.717, 1.165) is 26.9 Å². The zero-order chi connectivity index (χ0) is 26.3. The zero-order valence-electron chi connectivity index (χ0n) is 20.8. The van der Waals surface area contributed by atoms with Crippen molar-refractivity contribution in [3.8, 4) is 5.75 Å². The second-order valence-corrected chi connectivity index (χ2v) is 9.81. The molecule has 0 radical (unpaired) electrons. The predicted octanol–water partition coefficient (Wildman–Crippen LogP) is 7.57. The van der Waals surface area contributed by atoms with Crippen LogP contribution >= 0.6 is 11.8 Å². The maximum Gasteiger partial charge on any atom is 0.255 e. The molecule has 38 heavy (non-hydrogen) atoms. The van der Waals surface area contributed by atoms with Gasteiger partial charge in [-0.05, 0) is 59.5 Å². The van der Waals surface area contributed by atoms with Crippen LogP contribution in [-0.4, -0.2) is 18.9 Å². The van der Waals surface area contributed by atoms with Crippen LogP contribution in [-0.2, 0) is 4.79 Å². The average molecular weight is 519 g/mol. The summed E-state index contributed by atoms with van der Waals surface area (Å²) in [7, 11) is 1.57. The summed E-state index contributed by atoms with van der Waals surface area (Å²) in [5.74, 6) is 0.298. The second kappa shape index (κ2) is 11.7. The Morgan fingerprint density at radius 3 is 2.24 bits per heavy atom. The quantitative estimate of drug-likeness (QED) is 0.208. The van der Waals surface area contributed by atoms with Crippen molar-refractivity contribution in [2.75, 3.05) is 17.7 Å². The van der Waals surface area contributed by atoms with E-state index in [4.69, 9.17) is 4.74 Å². The smallest absolute Gasteiger partial charge is 0.255 e. The van der Waals surface area contributed by atoms with E-state index in [1.165, 1.54) is 11.8 Å². The number of fused-ring (bicyclic) bond motifs is 1. The molecule has 2 amide bonds. The van der Waals surface area contributed by atoms with Crippen molar-refractivity contribution >= 4 is 45.7 Å². The summed E-state index contributed by atoms with van der Waals surface area (Å²) < 4.78 is 5.21. The van der Waals surface area contributed by atoms with Crippen LogP contribution in [0.2, 0.25) is 0 Å². The molecule has 2 N–H and O–H groups in total. The Hall–Kier alpha value is -4.55. The number of hydrogen-bond acceptors (Lipinski definition) is 4. The van der Waals surface area contributed by atoms with E-state index in [0.29, 0.717) is 17.0 Å². The predicted molar refractivity (Wildman–Crippen MR) is 155 cm³/mol. The highest BCUT2D eigenvalue weighted by atomic mass is 32.2. The summed E-state index contributed by atoms with van der Waals surface area (Å²) in [4.78, 5) is 27.2. The molecule has 5 aromatic carbocycles.